The lowest BCUT2D eigenvalue weighted by Crippen LogP contribution is -2.47. The summed E-state index contributed by atoms with van der Waals surface area (Å²) in [5.74, 6) is -1.22. The van der Waals surface area contributed by atoms with E-state index < -0.39 is 12.0 Å². The van der Waals surface area contributed by atoms with Crippen LogP contribution in [0.3, 0.4) is 0 Å². The van der Waals surface area contributed by atoms with Gasteiger partial charge in [-0.2, -0.15) is 0 Å². The third kappa shape index (κ3) is 10.1. The third-order valence-corrected chi connectivity index (χ3v) is 8.49. The zero-order chi connectivity index (χ0) is 33.9. The minimum Gasteiger partial charge on any atom is -0.490 e. The summed E-state index contributed by atoms with van der Waals surface area (Å²) in [7, 11) is 1.99. The fourth-order valence-corrected chi connectivity index (χ4v) is 5.69. The Kier molecular flexibility index (Phi) is 12.9. The number of carboxylic acid groups (broad SMARTS) is 1. The largest absolute Gasteiger partial charge is 0.490 e. The van der Waals surface area contributed by atoms with Crippen molar-refractivity contribution in [2.24, 2.45) is 5.92 Å². The Bertz CT molecular complexity index is 1480. The third-order valence-electron chi connectivity index (χ3n) is 8.49. The summed E-state index contributed by atoms with van der Waals surface area (Å²) in [6.45, 7) is 7.67. The molecule has 0 fully saturated rings. The van der Waals surface area contributed by atoms with Crippen molar-refractivity contribution in [3.05, 3.63) is 95.1 Å². The number of carboxylic acids is 1. The van der Waals surface area contributed by atoms with Gasteiger partial charge in [-0.25, -0.2) is 4.79 Å². The first-order chi connectivity index (χ1) is 22.5. The van der Waals surface area contributed by atoms with E-state index in [0.717, 1.165) is 24.8 Å². The van der Waals surface area contributed by atoms with E-state index in [1.165, 1.54) is 0 Å². The summed E-state index contributed by atoms with van der Waals surface area (Å²) in [6, 6.07) is 20.3. The number of aromatic carboxylic acids is 1. The van der Waals surface area contributed by atoms with Crippen LogP contribution in [0.5, 0.6) is 5.75 Å². The number of benzene rings is 3. The Morgan fingerprint density at radius 2 is 1.74 bits per heavy atom. The molecule has 47 heavy (non-hydrogen) atoms. The van der Waals surface area contributed by atoms with E-state index in [9.17, 15) is 24.6 Å². The first kappa shape index (κ1) is 35.6. The maximum absolute atomic E-state index is 14.3. The van der Waals surface area contributed by atoms with Crippen LogP contribution in [0.4, 0.5) is 5.69 Å². The number of fused-ring (bicyclic) bond motifs is 1. The van der Waals surface area contributed by atoms with Gasteiger partial charge < -0.3 is 29.9 Å². The zero-order valence-corrected chi connectivity index (χ0v) is 27.7. The zero-order valence-electron chi connectivity index (χ0n) is 27.7. The van der Waals surface area contributed by atoms with Crippen molar-refractivity contribution in [3.63, 3.8) is 0 Å². The quantitative estimate of drug-likeness (QED) is 0.276. The molecule has 0 radical (unpaired) electrons. The van der Waals surface area contributed by atoms with E-state index in [2.05, 4.69) is 10.2 Å². The molecule has 4 rings (SSSR count). The molecule has 0 bridgehead atoms. The number of nitrogens with zero attached hydrogens (tertiary/aromatic N) is 2. The second-order valence-corrected chi connectivity index (χ2v) is 12.5. The lowest BCUT2D eigenvalue weighted by atomic mass is 10.0. The first-order valence-electron chi connectivity index (χ1n) is 16.3. The fraction of sp³-hybridized carbons (Fsp3) is 0.432. The SMILES string of the molecule is C[C@@H]1CCCCO[C@H](CN(C)Cc2ccc(C(=O)O)cc2)[C@H](C)CN([C@H](C)CO)C(=O)c2cc(NC(=O)c3ccccc3)ccc2O1. The topological polar surface area (TPSA) is 129 Å². The summed E-state index contributed by atoms with van der Waals surface area (Å²) < 4.78 is 12.7. The lowest BCUT2D eigenvalue weighted by Gasteiger charge is -2.36. The van der Waals surface area contributed by atoms with Gasteiger partial charge in [-0.3, -0.25) is 14.5 Å². The predicted molar refractivity (Wildman–Crippen MR) is 181 cm³/mol. The van der Waals surface area contributed by atoms with Crippen molar-refractivity contribution in [1.82, 2.24) is 9.80 Å². The number of ether oxygens (including phenoxy) is 2. The highest BCUT2D eigenvalue weighted by molar-refractivity contribution is 6.05. The Balaban J connectivity index is 1.59. The van der Waals surface area contributed by atoms with Crippen LogP contribution < -0.4 is 10.1 Å². The standard InChI is InChI=1S/C37H47N3O7/c1-25-21-40(26(2)24-41)36(43)32-20-31(38-35(42)29-11-6-5-7-12-29)17-18-33(32)47-27(3)10-8-9-19-46-34(25)23-39(4)22-28-13-15-30(16-14-28)37(44)45/h5-7,11-18,20,25-27,34,41H,8-10,19,21-24H2,1-4H3,(H,38,42)(H,44,45)/t25-,26-,27-,34-/m1/s1. The number of likely N-dealkylation sites (N-methyl/N-ethyl adjacent to an activating group) is 1. The molecule has 1 aliphatic rings. The normalized spacial score (nSPS) is 20.1. The number of nitrogens with one attached hydrogen (secondary N) is 1. The van der Waals surface area contributed by atoms with Crippen molar-refractivity contribution in [2.75, 3.05) is 38.7 Å². The molecular weight excluding hydrogens is 598 g/mol. The van der Waals surface area contributed by atoms with Gasteiger partial charge in [-0.05, 0) is 88.2 Å². The average molecular weight is 646 g/mol. The molecule has 0 spiro atoms. The van der Waals surface area contributed by atoms with Crippen LogP contribution in [0.25, 0.3) is 0 Å². The van der Waals surface area contributed by atoms with Gasteiger partial charge in [0.15, 0.2) is 0 Å². The summed E-state index contributed by atoms with van der Waals surface area (Å²) in [4.78, 5) is 42.3. The van der Waals surface area contributed by atoms with Gasteiger partial charge in [0.25, 0.3) is 11.8 Å². The number of anilines is 1. The van der Waals surface area contributed by atoms with E-state index >= 15 is 0 Å². The Morgan fingerprint density at radius 1 is 1.02 bits per heavy atom. The number of amides is 2. The van der Waals surface area contributed by atoms with E-state index in [0.29, 0.717) is 48.8 Å². The van der Waals surface area contributed by atoms with Crippen molar-refractivity contribution >= 4 is 23.5 Å². The number of aliphatic hydroxyl groups excluding tert-OH is 1. The number of rotatable bonds is 9. The highest BCUT2D eigenvalue weighted by atomic mass is 16.5. The monoisotopic (exact) mass is 645 g/mol. The minimum absolute atomic E-state index is 0.100. The minimum atomic E-state index is -0.959. The maximum atomic E-state index is 14.3. The number of hydrogen-bond donors (Lipinski definition) is 3. The predicted octanol–water partition coefficient (Wildman–Crippen LogP) is 5.56. The Hall–Kier alpha value is -4.25. The van der Waals surface area contributed by atoms with Gasteiger partial charge in [0.1, 0.15) is 5.75 Å². The molecule has 4 atom stereocenters. The highest BCUT2D eigenvalue weighted by Crippen LogP contribution is 2.29. The molecule has 0 saturated heterocycles. The van der Waals surface area contributed by atoms with Gasteiger partial charge in [0, 0.05) is 43.4 Å². The van der Waals surface area contributed by atoms with Gasteiger partial charge >= 0.3 is 5.97 Å². The van der Waals surface area contributed by atoms with E-state index in [1.807, 2.05) is 39.1 Å². The molecule has 10 heteroatoms. The molecule has 0 unspecified atom stereocenters. The summed E-state index contributed by atoms with van der Waals surface area (Å²) in [5.41, 5.74) is 2.51. The lowest BCUT2D eigenvalue weighted by molar-refractivity contribution is -0.0177. The van der Waals surface area contributed by atoms with Crippen molar-refractivity contribution in [1.29, 1.82) is 0 Å². The van der Waals surface area contributed by atoms with E-state index in [-0.39, 0.29) is 42.1 Å². The van der Waals surface area contributed by atoms with Crippen LogP contribution >= 0.6 is 0 Å². The molecule has 10 nitrogen and oxygen atoms in total. The fourth-order valence-electron chi connectivity index (χ4n) is 5.69. The van der Waals surface area contributed by atoms with Gasteiger partial charge in [-0.1, -0.05) is 37.3 Å². The van der Waals surface area contributed by atoms with Crippen LogP contribution in [-0.4, -0.2) is 89.4 Å². The van der Waals surface area contributed by atoms with Crippen LogP contribution in [-0.2, 0) is 11.3 Å². The number of hydrogen-bond acceptors (Lipinski definition) is 7. The van der Waals surface area contributed by atoms with Gasteiger partial charge in [-0.15, -0.1) is 0 Å². The van der Waals surface area contributed by atoms with Crippen LogP contribution in [0.1, 0.15) is 76.7 Å². The molecule has 3 N–H and O–H groups in total. The number of aliphatic hydroxyl groups is 1. The van der Waals surface area contributed by atoms with Gasteiger partial charge in [0.2, 0.25) is 0 Å². The Morgan fingerprint density at radius 3 is 2.43 bits per heavy atom. The molecule has 2 amide bonds. The van der Waals surface area contributed by atoms with E-state index in [1.54, 1.807) is 66.4 Å². The summed E-state index contributed by atoms with van der Waals surface area (Å²) in [5, 5.41) is 22.4. The number of carbonyl (C=O) groups is 3. The highest BCUT2D eigenvalue weighted by Gasteiger charge is 2.30. The molecule has 1 aliphatic heterocycles. The molecular formula is C37H47N3O7. The van der Waals surface area contributed by atoms with Crippen molar-refractivity contribution < 1.29 is 34.1 Å². The Labute approximate surface area is 277 Å². The second-order valence-electron chi connectivity index (χ2n) is 12.5. The molecule has 252 valence electrons. The van der Waals surface area contributed by atoms with Crippen molar-refractivity contribution in [2.45, 2.75) is 64.8 Å². The van der Waals surface area contributed by atoms with Crippen LogP contribution in [0, 0.1) is 5.92 Å². The second kappa shape index (κ2) is 17.1. The first-order valence-corrected chi connectivity index (χ1v) is 16.3. The molecule has 3 aromatic carbocycles. The molecule has 1 heterocycles. The smallest absolute Gasteiger partial charge is 0.335 e. The molecule has 0 aromatic heterocycles. The average Bonchev–Trinajstić information content (AvgIpc) is 3.06. The van der Waals surface area contributed by atoms with Crippen LogP contribution in [0.2, 0.25) is 0 Å². The van der Waals surface area contributed by atoms with E-state index in [4.69, 9.17) is 9.47 Å². The molecule has 0 saturated carbocycles. The van der Waals surface area contributed by atoms with Gasteiger partial charge in [0.05, 0.1) is 36.0 Å². The molecule has 0 aliphatic carbocycles. The molecule has 3 aromatic rings. The number of carbonyl (C=O) groups excluding carboxylic acids is 2. The maximum Gasteiger partial charge on any atom is 0.335 e. The van der Waals surface area contributed by atoms with Crippen molar-refractivity contribution in [3.8, 4) is 5.75 Å². The van der Waals surface area contributed by atoms with Crippen LogP contribution in [0.15, 0.2) is 72.8 Å². The summed E-state index contributed by atoms with van der Waals surface area (Å²) >= 11 is 0. The summed E-state index contributed by atoms with van der Waals surface area (Å²) in [6.07, 6.45) is 2.13.